The van der Waals surface area contributed by atoms with E-state index in [1.807, 2.05) is 43.0 Å². The van der Waals surface area contributed by atoms with E-state index in [2.05, 4.69) is 6.92 Å². The van der Waals surface area contributed by atoms with Gasteiger partial charge in [0.1, 0.15) is 0 Å². The first-order chi connectivity index (χ1) is 8.02. The fourth-order valence-electron chi connectivity index (χ4n) is 2.47. The van der Waals surface area contributed by atoms with Crippen LogP contribution in [0.25, 0.3) is 0 Å². The van der Waals surface area contributed by atoms with Crippen molar-refractivity contribution in [3.05, 3.63) is 29.8 Å². The zero-order chi connectivity index (χ0) is 12.6. The van der Waals surface area contributed by atoms with Gasteiger partial charge in [-0.25, -0.2) is 0 Å². The maximum atomic E-state index is 12.3. The van der Waals surface area contributed by atoms with Gasteiger partial charge in [-0.15, -0.1) is 0 Å². The van der Waals surface area contributed by atoms with Crippen LogP contribution in [0.5, 0.6) is 0 Å². The van der Waals surface area contributed by atoms with Gasteiger partial charge >= 0.3 is 0 Å². The number of carbonyl (C=O) groups excluding carboxylic acids is 1. The summed E-state index contributed by atoms with van der Waals surface area (Å²) in [6.07, 6.45) is 0.829. The molecule has 3 nitrogen and oxygen atoms in total. The molecule has 2 N–H and O–H groups in total. The summed E-state index contributed by atoms with van der Waals surface area (Å²) in [4.78, 5) is 14.2. The maximum absolute atomic E-state index is 12.3. The lowest BCUT2D eigenvalue weighted by atomic mass is 9.91. The molecule has 1 heterocycles. The number of amides is 1. The zero-order valence-corrected chi connectivity index (χ0v) is 10.7. The van der Waals surface area contributed by atoms with E-state index in [9.17, 15) is 4.79 Å². The molecule has 1 amide bonds. The van der Waals surface area contributed by atoms with Gasteiger partial charge in [-0.3, -0.25) is 4.79 Å². The fourth-order valence-corrected chi connectivity index (χ4v) is 2.47. The third kappa shape index (κ3) is 2.07. The van der Waals surface area contributed by atoms with Crippen molar-refractivity contribution in [2.24, 2.45) is 11.7 Å². The minimum absolute atomic E-state index is 0.0137. The Kier molecular flexibility index (Phi) is 3.20. The number of fused-ring (bicyclic) bond motifs is 1. The molecular formula is C14H20N2O. The van der Waals surface area contributed by atoms with Crippen molar-refractivity contribution >= 4 is 11.6 Å². The number of hydrogen-bond acceptors (Lipinski definition) is 2. The van der Waals surface area contributed by atoms with E-state index in [1.54, 1.807) is 0 Å². The summed E-state index contributed by atoms with van der Waals surface area (Å²) in [5.41, 5.74) is 8.20. The lowest BCUT2D eigenvalue weighted by Gasteiger charge is -2.39. The smallest absolute Gasteiger partial charge is 0.229 e. The van der Waals surface area contributed by atoms with E-state index in [0.717, 1.165) is 17.7 Å². The highest BCUT2D eigenvalue weighted by Gasteiger charge is 2.32. The Hall–Kier alpha value is -1.35. The lowest BCUT2D eigenvalue weighted by Crippen LogP contribution is -2.46. The second-order valence-corrected chi connectivity index (χ2v) is 5.11. The molecule has 0 fully saturated rings. The maximum Gasteiger partial charge on any atom is 0.229 e. The molecule has 1 aromatic rings. The second kappa shape index (κ2) is 4.49. The third-order valence-electron chi connectivity index (χ3n) is 3.36. The highest BCUT2D eigenvalue weighted by molar-refractivity contribution is 5.96. The average Bonchev–Trinajstić information content (AvgIpc) is 2.28. The van der Waals surface area contributed by atoms with Crippen LogP contribution >= 0.6 is 0 Å². The van der Waals surface area contributed by atoms with E-state index >= 15 is 0 Å². The van der Waals surface area contributed by atoms with Gasteiger partial charge in [0.05, 0.1) is 0 Å². The number of rotatable bonds is 1. The normalized spacial score (nSPS) is 23.7. The van der Waals surface area contributed by atoms with Crippen LogP contribution in [0.2, 0.25) is 0 Å². The summed E-state index contributed by atoms with van der Waals surface area (Å²) in [6, 6.07) is 8.17. The van der Waals surface area contributed by atoms with Gasteiger partial charge in [-0.05, 0) is 25.0 Å². The van der Waals surface area contributed by atoms with Crippen LogP contribution in [0.1, 0.15) is 38.8 Å². The molecule has 0 bridgehead atoms. The van der Waals surface area contributed by atoms with Crippen molar-refractivity contribution < 1.29 is 4.79 Å². The van der Waals surface area contributed by atoms with Gasteiger partial charge in [-0.1, -0.05) is 32.0 Å². The van der Waals surface area contributed by atoms with Gasteiger partial charge in [-0.2, -0.15) is 0 Å². The van der Waals surface area contributed by atoms with Crippen molar-refractivity contribution in [2.45, 2.75) is 39.3 Å². The number of para-hydroxylation sites is 1. The Labute approximate surface area is 103 Å². The summed E-state index contributed by atoms with van der Waals surface area (Å²) in [5, 5.41) is 0. The molecule has 17 heavy (non-hydrogen) atoms. The number of nitrogens with two attached hydrogens (primary N) is 1. The van der Waals surface area contributed by atoms with Gasteiger partial charge in [0.2, 0.25) is 5.91 Å². The van der Waals surface area contributed by atoms with Gasteiger partial charge in [0.25, 0.3) is 0 Å². The van der Waals surface area contributed by atoms with Gasteiger partial charge in [0, 0.05) is 23.7 Å². The van der Waals surface area contributed by atoms with Crippen molar-refractivity contribution in [3.63, 3.8) is 0 Å². The van der Waals surface area contributed by atoms with Gasteiger partial charge in [0.15, 0.2) is 0 Å². The predicted molar refractivity (Wildman–Crippen MR) is 69.8 cm³/mol. The number of anilines is 1. The standard InChI is InChI=1S/C14H20N2O/c1-9(2)14(17)16-10(3)8-12(15)11-6-4-5-7-13(11)16/h4-7,9-10,12H,8,15H2,1-3H3/t10?,12-/m1/s1. The SMILES string of the molecule is CC(C)C(=O)N1c2ccccc2[C@H](N)CC1C. The first kappa shape index (κ1) is 12.1. The minimum Gasteiger partial charge on any atom is -0.324 e. The first-order valence-corrected chi connectivity index (χ1v) is 6.20. The monoisotopic (exact) mass is 232 g/mol. The summed E-state index contributed by atoms with van der Waals surface area (Å²) >= 11 is 0. The molecule has 0 saturated heterocycles. The van der Waals surface area contributed by atoms with Crippen molar-refractivity contribution in [2.75, 3.05) is 4.90 Å². The van der Waals surface area contributed by atoms with E-state index in [4.69, 9.17) is 5.73 Å². The first-order valence-electron chi connectivity index (χ1n) is 6.20. The molecule has 1 aromatic carbocycles. The van der Waals surface area contributed by atoms with Crippen molar-refractivity contribution in [1.29, 1.82) is 0 Å². The average molecular weight is 232 g/mol. The molecular weight excluding hydrogens is 212 g/mol. The Morgan fingerprint density at radius 2 is 2.06 bits per heavy atom. The summed E-state index contributed by atoms with van der Waals surface area (Å²) < 4.78 is 0. The Morgan fingerprint density at radius 3 is 2.71 bits per heavy atom. The summed E-state index contributed by atoms with van der Waals surface area (Å²) in [5.74, 6) is 0.191. The molecule has 1 aliphatic rings. The second-order valence-electron chi connectivity index (χ2n) is 5.11. The van der Waals surface area contributed by atoms with E-state index in [1.165, 1.54) is 0 Å². The largest absolute Gasteiger partial charge is 0.324 e. The number of nitrogens with zero attached hydrogens (tertiary/aromatic N) is 1. The zero-order valence-electron chi connectivity index (χ0n) is 10.7. The third-order valence-corrected chi connectivity index (χ3v) is 3.36. The Morgan fingerprint density at radius 1 is 1.41 bits per heavy atom. The van der Waals surface area contributed by atoms with Crippen molar-refractivity contribution in [3.8, 4) is 0 Å². The number of carbonyl (C=O) groups is 1. The molecule has 92 valence electrons. The Balaban J connectivity index is 2.46. The highest BCUT2D eigenvalue weighted by atomic mass is 16.2. The van der Waals surface area contributed by atoms with Crippen LogP contribution in [0.15, 0.2) is 24.3 Å². The molecule has 0 aliphatic carbocycles. The number of benzene rings is 1. The summed E-state index contributed by atoms with van der Waals surface area (Å²) in [7, 11) is 0. The van der Waals surface area contributed by atoms with Crippen LogP contribution in [-0.2, 0) is 4.79 Å². The minimum atomic E-state index is 0.0137. The molecule has 2 rings (SSSR count). The molecule has 0 aromatic heterocycles. The van der Waals surface area contributed by atoms with E-state index in [-0.39, 0.29) is 23.9 Å². The van der Waals surface area contributed by atoms with E-state index < -0.39 is 0 Å². The van der Waals surface area contributed by atoms with Crippen molar-refractivity contribution in [1.82, 2.24) is 0 Å². The quantitative estimate of drug-likeness (QED) is 0.808. The highest BCUT2D eigenvalue weighted by Crippen LogP contribution is 2.36. The fraction of sp³-hybridized carbons (Fsp3) is 0.500. The molecule has 1 unspecified atom stereocenters. The van der Waals surface area contributed by atoms with E-state index in [0.29, 0.717) is 0 Å². The molecule has 0 radical (unpaired) electrons. The molecule has 1 aliphatic heterocycles. The van der Waals surface area contributed by atoms with Gasteiger partial charge < -0.3 is 10.6 Å². The predicted octanol–water partition coefficient (Wildman–Crippen LogP) is 2.47. The topological polar surface area (TPSA) is 46.3 Å². The molecule has 2 atom stereocenters. The lowest BCUT2D eigenvalue weighted by molar-refractivity contribution is -0.122. The van der Waals surface area contributed by atoms with Crippen LogP contribution < -0.4 is 10.6 Å². The molecule has 0 spiro atoms. The molecule has 0 saturated carbocycles. The Bertz CT molecular complexity index is 428. The van der Waals surface area contributed by atoms with Crippen LogP contribution in [0, 0.1) is 5.92 Å². The number of hydrogen-bond donors (Lipinski definition) is 1. The molecule has 3 heteroatoms. The van der Waals surface area contributed by atoms with Crippen LogP contribution in [0.4, 0.5) is 5.69 Å². The summed E-state index contributed by atoms with van der Waals surface area (Å²) in [6.45, 7) is 5.94. The van der Waals surface area contributed by atoms with Crippen LogP contribution in [-0.4, -0.2) is 11.9 Å². The van der Waals surface area contributed by atoms with Crippen LogP contribution in [0.3, 0.4) is 0 Å².